The minimum atomic E-state index is -0.119. The van der Waals surface area contributed by atoms with Crippen molar-refractivity contribution in [1.82, 2.24) is 29.2 Å². The van der Waals surface area contributed by atoms with Crippen molar-refractivity contribution in [2.45, 2.75) is 31.7 Å². The monoisotopic (exact) mass is 356 g/mol. The standard InChI is InChI=1S/C17H20N6OS/c1-12-14(23-6-4-3-5-15(23)19-12)11-21(2)16(24)18-9-13-10-22-7-8-25-17(22)20-13/h3-6,10H,7-9,11H2,1-2H3,(H,18,24). The highest BCUT2D eigenvalue weighted by atomic mass is 32.2. The number of pyridine rings is 1. The predicted molar refractivity (Wildman–Crippen MR) is 96.6 cm³/mol. The highest BCUT2D eigenvalue weighted by Crippen LogP contribution is 2.24. The van der Waals surface area contributed by atoms with Gasteiger partial charge in [-0.3, -0.25) is 0 Å². The SMILES string of the molecule is Cc1nc2ccccn2c1CN(C)C(=O)NCc1cn2c(n1)SCC2. The van der Waals surface area contributed by atoms with Crippen molar-refractivity contribution in [2.75, 3.05) is 12.8 Å². The Balaban J connectivity index is 1.40. The number of hydrogen-bond acceptors (Lipinski definition) is 4. The van der Waals surface area contributed by atoms with Crippen LogP contribution in [0.15, 0.2) is 35.7 Å². The maximum atomic E-state index is 12.4. The Labute approximate surface area is 150 Å². The van der Waals surface area contributed by atoms with E-state index >= 15 is 0 Å². The molecular weight excluding hydrogens is 336 g/mol. The van der Waals surface area contributed by atoms with Crippen LogP contribution in [0.3, 0.4) is 0 Å². The van der Waals surface area contributed by atoms with Crippen LogP contribution in [0.25, 0.3) is 5.65 Å². The van der Waals surface area contributed by atoms with Crippen LogP contribution in [0.2, 0.25) is 0 Å². The Morgan fingerprint density at radius 3 is 3.12 bits per heavy atom. The van der Waals surface area contributed by atoms with Crippen LogP contribution in [0.5, 0.6) is 0 Å². The van der Waals surface area contributed by atoms with E-state index in [0.717, 1.165) is 40.2 Å². The third-order valence-electron chi connectivity index (χ3n) is 4.34. The minimum absolute atomic E-state index is 0.119. The molecule has 4 heterocycles. The third-order valence-corrected chi connectivity index (χ3v) is 5.31. The molecule has 7 nitrogen and oxygen atoms in total. The molecule has 2 amide bonds. The van der Waals surface area contributed by atoms with Gasteiger partial charge in [0.05, 0.1) is 30.2 Å². The van der Waals surface area contributed by atoms with E-state index in [9.17, 15) is 4.79 Å². The third kappa shape index (κ3) is 3.09. The summed E-state index contributed by atoms with van der Waals surface area (Å²) in [6, 6.07) is 5.77. The number of urea groups is 1. The molecule has 8 heteroatoms. The van der Waals surface area contributed by atoms with Crippen LogP contribution in [0.4, 0.5) is 4.79 Å². The summed E-state index contributed by atoms with van der Waals surface area (Å²) < 4.78 is 4.16. The number of nitrogens with zero attached hydrogens (tertiary/aromatic N) is 5. The van der Waals surface area contributed by atoms with E-state index in [1.54, 1.807) is 23.7 Å². The van der Waals surface area contributed by atoms with Gasteiger partial charge in [0, 0.05) is 31.7 Å². The lowest BCUT2D eigenvalue weighted by atomic mass is 10.3. The number of hydrogen-bond donors (Lipinski definition) is 1. The molecule has 0 fully saturated rings. The molecule has 0 saturated carbocycles. The van der Waals surface area contributed by atoms with E-state index in [4.69, 9.17) is 0 Å². The number of nitrogens with one attached hydrogen (secondary N) is 1. The predicted octanol–water partition coefficient (Wildman–Crippen LogP) is 2.29. The summed E-state index contributed by atoms with van der Waals surface area (Å²) in [6.07, 6.45) is 3.99. The Hall–Kier alpha value is -2.48. The van der Waals surface area contributed by atoms with E-state index in [0.29, 0.717) is 13.1 Å². The molecule has 25 heavy (non-hydrogen) atoms. The Kier molecular flexibility index (Phi) is 4.12. The molecule has 1 aliphatic rings. The van der Waals surface area contributed by atoms with Gasteiger partial charge in [-0.2, -0.15) is 0 Å². The fourth-order valence-corrected chi connectivity index (χ4v) is 3.96. The number of amides is 2. The molecular formula is C17H20N6OS. The van der Waals surface area contributed by atoms with Gasteiger partial charge in [0.25, 0.3) is 0 Å². The number of fused-ring (bicyclic) bond motifs is 2. The fraction of sp³-hybridized carbons (Fsp3) is 0.353. The van der Waals surface area contributed by atoms with Crippen molar-refractivity contribution in [3.8, 4) is 0 Å². The van der Waals surface area contributed by atoms with Crippen LogP contribution in [-0.4, -0.2) is 42.7 Å². The molecule has 130 valence electrons. The molecule has 0 saturated heterocycles. The van der Waals surface area contributed by atoms with Crippen LogP contribution in [-0.2, 0) is 19.6 Å². The average molecular weight is 356 g/mol. The van der Waals surface area contributed by atoms with E-state index in [1.165, 1.54) is 0 Å². The second-order valence-corrected chi connectivity index (χ2v) is 7.21. The Morgan fingerprint density at radius 2 is 2.28 bits per heavy atom. The van der Waals surface area contributed by atoms with Gasteiger partial charge in [-0.25, -0.2) is 14.8 Å². The fourth-order valence-electron chi connectivity index (χ4n) is 3.00. The zero-order valence-corrected chi connectivity index (χ0v) is 15.1. The lowest BCUT2D eigenvalue weighted by molar-refractivity contribution is 0.205. The van der Waals surface area contributed by atoms with Crippen molar-refractivity contribution in [3.05, 3.63) is 47.7 Å². The molecule has 0 spiro atoms. The first-order chi connectivity index (χ1) is 12.1. The van der Waals surface area contributed by atoms with Crippen molar-refractivity contribution in [3.63, 3.8) is 0 Å². The van der Waals surface area contributed by atoms with Gasteiger partial charge in [0.1, 0.15) is 5.65 Å². The molecule has 0 atom stereocenters. The lowest BCUT2D eigenvalue weighted by Crippen LogP contribution is -2.36. The smallest absolute Gasteiger partial charge is 0.317 e. The summed E-state index contributed by atoms with van der Waals surface area (Å²) in [5.41, 5.74) is 3.75. The molecule has 1 N–H and O–H groups in total. The van der Waals surface area contributed by atoms with Crippen LogP contribution >= 0.6 is 11.8 Å². The molecule has 0 unspecified atom stereocenters. The Morgan fingerprint density at radius 1 is 1.40 bits per heavy atom. The highest BCUT2D eigenvalue weighted by molar-refractivity contribution is 7.99. The van der Waals surface area contributed by atoms with E-state index in [2.05, 4.69) is 19.9 Å². The van der Waals surface area contributed by atoms with Gasteiger partial charge in [-0.15, -0.1) is 0 Å². The van der Waals surface area contributed by atoms with Crippen LogP contribution in [0.1, 0.15) is 17.1 Å². The molecule has 0 aromatic carbocycles. The first kappa shape index (κ1) is 16.0. The second kappa shape index (κ2) is 6.44. The van der Waals surface area contributed by atoms with Crippen LogP contribution in [0, 0.1) is 6.92 Å². The van der Waals surface area contributed by atoms with Gasteiger partial charge >= 0.3 is 6.03 Å². The molecule has 3 aromatic heterocycles. The van der Waals surface area contributed by atoms with Crippen molar-refractivity contribution in [2.24, 2.45) is 0 Å². The number of carbonyl (C=O) groups is 1. The van der Waals surface area contributed by atoms with E-state index in [-0.39, 0.29) is 6.03 Å². The number of thioether (sulfide) groups is 1. The first-order valence-electron chi connectivity index (χ1n) is 8.22. The highest BCUT2D eigenvalue weighted by Gasteiger charge is 2.17. The van der Waals surface area contributed by atoms with E-state index < -0.39 is 0 Å². The zero-order chi connectivity index (χ0) is 17.4. The first-order valence-corrected chi connectivity index (χ1v) is 9.21. The summed E-state index contributed by atoms with van der Waals surface area (Å²) in [5.74, 6) is 1.08. The summed E-state index contributed by atoms with van der Waals surface area (Å²) >= 11 is 1.75. The molecule has 1 aliphatic heterocycles. The van der Waals surface area contributed by atoms with Gasteiger partial charge in [-0.05, 0) is 19.1 Å². The number of imidazole rings is 2. The Bertz CT molecular complexity index is 909. The molecule has 0 bridgehead atoms. The zero-order valence-electron chi connectivity index (χ0n) is 14.3. The number of carbonyl (C=O) groups excluding carboxylic acids is 1. The molecule has 4 rings (SSSR count). The molecule has 0 radical (unpaired) electrons. The van der Waals surface area contributed by atoms with Crippen molar-refractivity contribution in [1.29, 1.82) is 0 Å². The topological polar surface area (TPSA) is 67.5 Å². The maximum Gasteiger partial charge on any atom is 0.317 e. The minimum Gasteiger partial charge on any atom is -0.332 e. The van der Waals surface area contributed by atoms with Gasteiger partial charge in [0.2, 0.25) is 0 Å². The van der Waals surface area contributed by atoms with Crippen molar-refractivity contribution < 1.29 is 4.79 Å². The lowest BCUT2D eigenvalue weighted by Gasteiger charge is -2.18. The number of aromatic nitrogens is 4. The quantitative estimate of drug-likeness (QED) is 0.779. The van der Waals surface area contributed by atoms with Gasteiger partial charge in [0.15, 0.2) is 5.16 Å². The molecule has 3 aromatic rings. The summed E-state index contributed by atoms with van der Waals surface area (Å²) in [4.78, 5) is 23.1. The summed E-state index contributed by atoms with van der Waals surface area (Å²) in [5, 5.41) is 3.98. The normalized spacial score (nSPS) is 13.2. The van der Waals surface area contributed by atoms with E-state index in [1.807, 2.05) is 41.9 Å². The van der Waals surface area contributed by atoms with Gasteiger partial charge in [-0.1, -0.05) is 17.8 Å². The molecule has 0 aliphatic carbocycles. The largest absolute Gasteiger partial charge is 0.332 e. The number of aryl methyl sites for hydroxylation is 2. The summed E-state index contributed by atoms with van der Waals surface area (Å²) in [6.45, 7) is 3.90. The average Bonchev–Trinajstić information content (AvgIpc) is 3.26. The van der Waals surface area contributed by atoms with Crippen molar-refractivity contribution >= 4 is 23.4 Å². The van der Waals surface area contributed by atoms with Gasteiger partial charge < -0.3 is 19.2 Å². The van der Waals surface area contributed by atoms with Crippen LogP contribution < -0.4 is 5.32 Å². The number of rotatable bonds is 4. The maximum absolute atomic E-state index is 12.4. The second-order valence-electron chi connectivity index (χ2n) is 6.14. The summed E-state index contributed by atoms with van der Waals surface area (Å²) in [7, 11) is 1.79.